The summed E-state index contributed by atoms with van der Waals surface area (Å²) in [6.07, 6.45) is 1.46. The first kappa shape index (κ1) is 7.58. The zero-order chi connectivity index (χ0) is 8.23. The zero-order valence-corrected chi connectivity index (χ0v) is 6.26. The number of hydrazine groups is 3. The molecule has 1 saturated heterocycles. The number of nitrogens with zero attached hydrogens (tertiary/aromatic N) is 2. The summed E-state index contributed by atoms with van der Waals surface area (Å²) in [5.41, 5.74) is 11.1. The van der Waals surface area contributed by atoms with Crippen molar-refractivity contribution in [3.05, 3.63) is 12.2 Å². The molecule has 1 aromatic rings. The molecule has 0 radical (unpaired) electrons. The maximum Gasteiger partial charge on any atom is 0.139 e. The molecule has 6 N–H and O–H groups in total. The number of aromatic nitrogens is 3. The van der Waals surface area contributed by atoms with Crippen molar-refractivity contribution < 1.29 is 0 Å². The van der Waals surface area contributed by atoms with Gasteiger partial charge in [-0.1, -0.05) is 0 Å². The normalized spacial score (nSPS) is 18.7. The van der Waals surface area contributed by atoms with Crippen LogP contribution in [0.1, 0.15) is 5.82 Å². The van der Waals surface area contributed by atoms with E-state index in [0.717, 1.165) is 5.82 Å². The summed E-state index contributed by atoms with van der Waals surface area (Å²) < 4.78 is 0. The standard InChI is InChI=1S/C4H10N8/c1(3-6-2-7-8-3)5-4-9-11-12-10-4/h2,4-5,9-12H,1H2,(H,6,7,8). The van der Waals surface area contributed by atoms with Crippen LogP contribution >= 0.6 is 0 Å². The molecule has 1 fully saturated rings. The van der Waals surface area contributed by atoms with Crippen LogP contribution in [0, 0.1) is 0 Å². The third-order valence-corrected chi connectivity index (χ3v) is 1.43. The Hall–Kier alpha value is -1.06. The van der Waals surface area contributed by atoms with Crippen LogP contribution < -0.4 is 27.2 Å². The van der Waals surface area contributed by atoms with Gasteiger partial charge in [0.2, 0.25) is 0 Å². The lowest BCUT2D eigenvalue weighted by atomic mass is 10.6. The average molecular weight is 170 g/mol. The van der Waals surface area contributed by atoms with Gasteiger partial charge in [-0.3, -0.25) is 10.4 Å². The van der Waals surface area contributed by atoms with Crippen molar-refractivity contribution in [1.82, 2.24) is 42.4 Å². The summed E-state index contributed by atoms with van der Waals surface area (Å²) in [6, 6.07) is 0. The van der Waals surface area contributed by atoms with Crippen molar-refractivity contribution in [1.29, 1.82) is 0 Å². The van der Waals surface area contributed by atoms with Gasteiger partial charge in [0.15, 0.2) is 0 Å². The lowest BCUT2D eigenvalue weighted by Crippen LogP contribution is -2.46. The minimum atomic E-state index is -0.0184. The van der Waals surface area contributed by atoms with Crippen LogP contribution in [0.5, 0.6) is 0 Å². The Labute approximate surface area is 68.4 Å². The molecular weight excluding hydrogens is 160 g/mol. The minimum absolute atomic E-state index is 0.0184. The van der Waals surface area contributed by atoms with E-state index in [9.17, 15) is 0 Å². The monoisotopic (exact) mass is 170 g/mol. The van der Waals surface area contributed by atoms with E-state index in [0.29, 0.717) is 6.54 Å². The molecule has 8 heteroatoms. The van der Waals surface area contributed by atoms with Crippen LogP contribution in [-0.2, 0) is 6.54 Å². The summed E-state index contributed by atoms with van der Waals surface area (Å²) in [5.74, 6) is 0.797. The molecule has 12 heavy (non-hydrogen) atoms. The third-order valence-electron chi connectivity index (χ3n) is 1.43. The molecule has 2 heterocycles. The van der Waals surface area contributed by atoms with E-state index in [1.54, 1.807) is 0 Å². The van der Waals surface area contributed by atoms with Crippen LogP contribution in [0.2, 0.25) is 0 Å². The second kappa shape index (κ2) is 3.56. The molecule has 66 valence electrons. The highest BCUT2D eigenvalue weighted by Crippen LogP contribution is 1.83. The SMILES string of the molecule is c1n[nH]c(CNC2NNNN2)n1. The van der Waals surface area contributed by atoms with Crippen LogP contribution in [0.15, 0.2) is 6.33 Å². The van der Waals surface area contributed by atoms with Crippen molar-refractivity contribution in [3.8, 4) is 0 Å². The predicted octanol–water partition coefficient (Wildman–Crippen LogP) is -2.71. The fraction of sp³-hybridized carbons (Fsp3) is 0.500. The van der Waals surface area contributed by atoms with E-state index < -0.39 is 0 Å². The first-order valence-electron chi connectivity index (χ1n) is 3.54. The summed E-state index contributed by atoms with van der Waals surface area (Å²) in [4.78, 5) is 3.95. The van der Waals surface area contributed by atoms with Gasteiger partial charge in [0.25, 0.3) is 0 Å². The first-order valence-corrected chi connectivity index (χ1v) is 3.54. The molecule has 0 unspecified atom stereocenters. The van der Waals surface area contributed by atoms with E-state index in [-0.39, 0.29) is 6.29 Å². The van der Waals surface area contributed by atoms with E-state index in [1.807, 2.05) is 0 Å². The topological polar surface area (TPSA) is 102 Å². The molecule has 0 bridgehead atoms. The zero-order valence-electron chi connectivity index (χ0n) is 6.26. The third kappa shape index (κ3) is 1.75. The Balaban J connectivity index is 1.74. The second-order valence-corrected chi connectivity index (χ2v) is 2.28. The van der Waals surface area contributed by atoms with Crippen LogP contribution in [-0.4, -0.2) is 21.5 Å². The van der Waals surface area contributed by atoms with Crippen molar-refractivity contribution in [3.63, 3.8) is 0 Å². The minimum Gasteiger partial charge on any atom is -0.280 e. The Morgan fingerprint density at radius 2 is 2.25 bits per heavy atom. The van der Waals surface area contributed by atoms with Gasteiger partial charge in [-0.15, -0.1) is 0 Å². The lowest BCUT2D eigenvalue weighted by Gasteiger charge is -2.08. The number of hydrogen-bond donors (Lipinski definition) is 6. The van der Waals surface area contributed by atoms with Gasteiger partial charge in [0.05, 0.1) is 6.54 Å². The van der Waals surface area contributed by atoms with Crippen molar-refractivity contribution in [2.24, 2.45) is 0 Å². The van der Waals surface area contributed by atoms with E-state index in [1.165, 1.54) is 6.33 Å². The number of nitrogens with one attached hydrogen (secondary N) is 6. The molecule has 8 nitrogen and oxygen atoms in total. The molecule has 0 saturated carbocycles. The Morgan fingerprint density at radius 3 is 2.92 bits per heavy atom. The van der Waals surface area contributed by atoms with Crippen molar-refractivity contribution in [2.45, 2.75) is 12.8 Å². The fourth-order valence-electron chi connectivity index (χ4n) is 0.869. The highest BCUT2D eigenvalue weighted by atomic mass is 15.8. The summed E-state index contributed by atoms with van der Waals surface area (Å²) in [7, 11) is 0. The van der Waals surface area contributed by atoms with E-state index >= 15 is 0 Å². The van der Waals surface area contributed by atoms with Gasteiger partial charge < -0.3 is 0 Å². The molecule has 1 aliphatic heterocycles. The highest BCUT2D eigenvalue weighted by Gasteiger charge is 2.10. The van der Waals surface area contributed by atoms with Gasteiger partial charge in [-0.2, -0.15) is 16.2 Å². The molecule has 1 aliphatic rings. The van der Waals surface area contributed by atoms with Gasteiger partial charge in [-0.05, 0) is 0 Å². The maximum absolute atomic E-state index is 3.95. The molecule has 1 aromatic heterocycles. The van der Waals surface area contributed by atoms with Crippen LogP contribution in [0.4, 0.5) is 0 Å². The van der Waals surface area contributed by atoms with Crippen LogP contribution in [0.25, 0.3) is 0 Å². The fourth-order valence-corrected chi connectivity index (χ4v) is 0.869. The summed E-state index contributed by atoms with van der Waals surface area (Å²) in [6.45, 7) is 0.619. The van der Waals surface area contributed by atoms with Gasteiger partial charge in [0, 0.05) is 0 Å². The summed E-state index contributed by atoms with van der Waals surface area (Å²) in [5, 5.41) is 9.56. The predicted molar refractivity (Wildman–Crippen MR) is 39.6 cm³/mol. The highest BCUT2D eigenvalue weighted by molar-refractivity contribution is 4.79. The van der Waals surface area contributed by atoms with Gasteiger partial charge >= 0.3 is 0 Å². The van der Waals surface area contributed by atoms with Gasteiger partial charge in [-0.25, -0.2) is 15.8 Å². The molecule has 0 atom stereocenters. The van der Waals surface area contributed by atoms with Gasteiger partial charge in [0.1, 0.15) is 18.4 Å². The van der Waals surface area contributed by atoms with Crippen molar-refractivity contribution >= 4 is 0 Å². The lowest BCUT2D eigenvalue weighted by molar-refractivity contribution is 0.418. The molecule has 0 amide bonds. The molecule has 0 aromatic carbocycles. The average Bonchev–Trinajstić information content (AvgIpc) is 2.74. The molecule has 0 aliphatic carbocycles. The molecular formula is C4H10N8. The first-order chi connectivity index (χ1) is 5.95. The largest absolute Gasteiger partial charge is 0.280 e. The molecule has 0 spiro atoms. The number of hydrogen-bond acceptors (Lipinski definition) is 7. The quantitative estimate of drug-likeness (QED) is 0.293. The smallest absolute Gasteiger partial charge is 0.139 e. The van der Waals surface area contributed by atoms with Crippen LogP contribution in [0.3, 0.4) is 0 Å². The second-order valence-electron chi connectivity index (χ2n) is 2.28. The number of rotatable bonds is 3. The van der Waals surface area contributed by atoms with E-state index in [4.69, 9.17) is 0 Å². The molecule has 2 rings (SSSR count). The Morgan fingerprint density at radius 1 is 1.42 bits per heavy atom. The van der Waals surface area contributed by atoms with E-state index in [2.05, 4.69) is 42.4 Å². The number of H-pyrrole nitrogens is 1. The Kier molecular flexibility index (Phi) is 2.25. The Bertz CT molecular complexity index is 213. The maximum atomic E-state index is 3.95. The number of aromatic amines is 1. The van der Waals surface area contributed by atoms with Crippen molar-refractivity contribution in [2.75, 3.05) is 0 Å². The summed E-state index contributed by atoms with van der Waals surface area (Å²) >= 11 is 0.